The molecule has 2 N–H and O–H groups in total. The van der Waals surface area contributed by atoms with Crippen molar-refractivity contribution in [3.05, 3.63) is 48.0 Å². The molecule has 0 unspecified atom stereocenters. The first-order chi connectivity index (χ1) is 18.1. The van der Waals surface area contributed by atoms with Gasteiger partial charge in [-0.15, -0.1) is 0 Å². The summed E-state index contributed by atoms with van der Waals surface area (Å²) in [4.78, 5) is 13.0. The largest absolute Gasteiger partial charge is 0.506 e. The van der Waals surface area contributed by atoms with Crippen LogP contribution in [-0.2, 0) is 11.2 Å². The highest BCUT2D eigenvalue weighted by molar-refractivity contribution is 5.94. The summed E-state index contributed by atoms with van der Waals surface area (Å²) in [6, 6.07) is 14.3. The average molecular weight is 506 g/mol. The maximum atomic E-state index is 13.0. The molecule has 1 aliphatic rings. The van der Waals surface area contributed by atoms with Crippen molar-refractivity contribution >= 4 is 11.6 Å². The van der Waals surface area contributed by atoms with Gasteiger partial charge in [0.1, 0.15) is 5.75 Å². The normalized spacial score (nSPS) is 17.6. The van der Waals surface area contributed by atoms with Crippen molar-refractivity contribution in [3.63, 3.8) is 0 Å². The van der Waals surface area contributed by atoms with E-state index in [4.69, 9.17) is 0 Å². The molecule has 1 saturated carbocycles. The number of hydrogen-bond acceptors (Lipinski definition) is 2. The molecule has 0 heterocycles. The summed E-state index contributed by atoms with van der Waals surface area (Å²) in [6.45, 7) is 4.52. The van der Waals surface area contributed by atoms with Crippen LogP contribution in [0.1, 0.15) is 122 Å². The number of phenols is 1. The van der Waals surface area contributed by atoms with E-state index >= 15 is 0 Å². The third-order valence-electron chi connectivity index (χ3n) is 8.29. The Hall–Kier alpha value is -2.29. The predicted molar refractivity (Wildman–Crippen MR) is 158 cm³/mol. The molecular formula is C34H51NO2. The monoisotopic (exact) mass is 505 g/mol. The Morgan fingerprint density at radius 1 is 0.757 bits per heavy atom. The molecule has 0 bridgehead atoms. The predicted octanol–water partition coefficient (Wildman–Crippen LogP) is 10.1. The van der Waals surface area contributed by atoms with Gasteiger partial charge in [0.15, 0.2) is 0 Å². The van der Waals surface area contributed by atoms with Gasteiger partial charge in [-0.25, -0.2) is 0 Å². The van der Waals surface area contributed by atoms with E-state index in [0.717, 1.165) is 49.1 Å². The van der Waals surface area contributed by atoms with Gasteiger partial charge < -0.3 is 10.4 Å². The Labute approximate surface area is 226 Å². The minimum atomic E-state index is 0.0557. The number of hydrogen-bond donors (Lipinski definition) is 2. The standard InChI is InChI=1S/C34H51NO2/c1-3-5-7-8-9-10-11-13-15-28-16-20-29(21-17-28)31-24-25-33(36)32(26-31)35-34(37)30-22-18-27(19-23-30)14-12-6-4-2/h16-17,20-21,24-27,30,36H,3-15,18-19,22-23H2,1-2H3,(H,35,37). The number of phenolic OH excluding ortho intramolecular Hbond substituents is 1. The van der Waals surface area contributed by atoms with Gasteiger partial charge in [0.25, 0.3) is 0 Å². The van der Waals surface area contributed by atoms with Crippen LogP contribution in [-0.4, -0.2) is 11.0 Å². The summed E-state index contributed by atoms with van der Waals surface area (Å²) in [5, 5.41) is 13.5. The first kappa shape index (κ1) is 29.3. The van der Waals surface area contributed by atoms with Crippen molar-refractivity contribution < 1.29 is 9.90 Å². The number of carbonyl (C=O) groups excluding carboxylic acids is 1. The van der Waals surface area contributed by atoms with E-state index in [-0.39, 0.29) is 17.6 Å². The van der Waals surface area contributed by atoms with Crippen molar-refractivity contribution in [2.45, 2.75) is 123 Å². The summed E-state index contributed by atoms with van der Waals surface area (Å²) in [7, 11) is 0. The SMILES string of the molecule is CCCCCCCCCCc1ccc(-c2ccc(O)c(NC(=O)C3CCC(CCCCC)CC3)c2)cc1. The number of amides is 1. The zero-order valence-electron chi connectivity index (χ0n) is 23.6. The third kappa shape index (κ3) is 10.2. The molecule has 2 aromatic rings. The fraction of sp³-hybridized carbons (Fsp3) is 0.618. The topological polar surface area (TPSA) is 49.3 Å². The molecule has 2 aromatic carbocycles. The van der Waals surface area contributed by atoms with Crippen LogP contribution < -0.4 is 5.32 Å². The third-order valence-corrected chi connectivity index (χ3v) is 8.29. The number of anilines is 1. The highest BCUT2D eigenvalue weighted by atomic mass is 16.3. The van der Waals surface area contributed by atoms with E-state index in [1.54, 1.807) is 6.07 Å². The molecule has 204 valence electrons. The second kappa shape index (κ2) is 16.5. The molecule has 0 aromatic heterocycles. The highest BCUT2D eigenvalue weighted by Gasteiger charge is 2.26. The van der Waals surface area contributed by atoms with E-state index in [2.05, 4.69) is 43.4 Å². The maximum Gasteiger partial charge on any atom is 0.227 e. The second-order valence-electron chi connectivity index (χ2n) is 11.4. The van der Waals surface area contributed by atoms with Gasteiger partial charge in [0.2, 0.25) is 5.91 Å². The smallest absolute Gasteiger partial charge is 0.227 e. The van der Waals surface area contributed by atoms with Gasteiger partial charge in [-0.3, -0.25) is 4.79 Å². The van der Waals surface area contributed by atoms with Gasteiger partial charge in [-0.2, -0.15) is 0 Å². The first-order valence-corrected chi connectivity index (χ1v) is 15.3. The molecule has 0 radical (unpaired) electrons. The number of carbonyl (C=O) groups is 1. The average Bonchev–Trinajstić information content (AvgIpc) is 2.92. The lowest BCUT2D eigenvalue weighted by Gasteiger charge is -2.28. The Bertz CT molecular complexity index is 912. The van der Waals surface area contributed by atoms with Crippen LogP contribution in [0.3, 0.4) is 0 Å². The van der Waals surface area contributed by atoms with Gasteiger partial charge in [0, 0.05) is 5.92 Å². The van der Waals surface area contributed by atoms with Gasteiger partial charge in [-0.05, 0) is 73.3 Å². The second-order valence-corrected chi connectivity index (χ2v) is 11.4. The van der Waals surface area contributed by atoms with Crippen molar-refractivity contribution in [2.24, 2.45) is 11.8 Å². The van der Waals surface area contributed by atoms with Gasteiger partial charge in [0.05, 0.1) is 5.69 Å². The Morgan fingerprint density at radius 3 is 2.03 bits per heavy atom. The van der Waals surface area contributed by atoms with Crippen molar-refractivity contribution in [1.29, 1.82) is 0 Å². The number of benzene rings is 2. The van der Waals surface area contributed by atoms with Crippen molar-refractivity contribution in [1.82, 2.24) is 0 Å². The Kier molecular flexibility index (Phi) is 13.1. The zero-order chi connectivity index (χ0) is 26.3. The molecule has 1 fully saturated rings. The molecule has 0 spiro atoms. The molecule has 3 heteroatoms. The quantitative estimate of drug-likeness (QED) is 0.176. The molecule has 3 rings (SSSR count). The lowest BCUT2D eigenvalue weighted by molar-refractivity contribution is -0.121. The van der Waals surface area contributed by atoms with Crippen molar-refractivity contribution in [3.8, 4) is 16.9 Å². The fourth-order valence-electron chi connectivity index (χ4n) is 5.77. The Balaban J connectivity index is 1.46. The van der Waals surface area contributed by atoms with Crippen LogP contribution >= 0.6 is 0 Å². The molecular weight excluding hydrogens is 454 g/mol. The van der Waals surface area contributed by atoms with Crippen LogP contribution in [0.4, 0.5) is 5.69 Å². The molecule has 0 saturated heterocycles. The van der Waals surface area contributed by atoms with E-state index < -0.39 is 0 Å². The minimum absolute atomic E-state index is 0.0557. The lowest BCUT2D eigenvalue weighted by Crippen LogP contribution is -2.27. The molecule has 0 atom stereocenters. The van der Waals surface area contributed by atoms with Gasteiger partial charge in [-0.1, -0.05) is 115 Å². The highest BCUT2D eigenvalue weighted by Crippen LogP contribution is 2.35. The van der Waals surface area contributed by atoms with E-state index in [1.807, 2.05) is 12.1 Å². The molecule has 1 aliphatic carbocycles. The first-order valence-electron chi connectivity index (χ1n) is 15.3. The van der Waals surface area contributed by atoms with Crippen LogP contribution in [0.5, 0.6) is 5.75 Å². The summed E-state index contributed by atoms with van der Waals surface area (Å²) in [6.07, 6.45) is 21.3. The number of aryl methyl sites for hydroxylation is 1. The maximum absolute atomic E-state index is 13.0. The summed E-state index contributed by atoms with van der Waals surface area (Å²) >= 11 is 0. The minimum Gasteiger partial charge on any atom is -0.506 e. The molecule has 37 heavy (non-hydrogen) atoms. The summed E-state index contributed by atoms with van der Waals surface area (Å²) in [5.74, 6) is 1.03. The van der Waals surface area contributed by atoms with Crippen LogP contribution in [0.25, 0.3) is 11.1 Å². The molecule has 1 amide bonds. The van der Waals surface area contributed by atoms with Crippen LogP contribution in [0.2, 0.25) is 0 Å². The number of unbranched alkanes of at least 4 members (excludes halogenated alkanes) is 9. The molecule has 3 nitrogen and oxygen atoms in total. The Morgan fingerprint density at radius 2 is 1.35 bits per heavy atom. The van der Waals surface area contributed by atoms with E-state index in [9.17, 15) is 9.90 Å². The summed E-state index contributed by atoms with van der Waals surface area (Å²) in [5.41, 5.74) is 4.04. The van der Waals surface area contributed by atoms with E-state index in [1.165, 1.54) is 82.6 Å². The fourth-order valence-corrected chi connectivity index (χ4v) is 5.77. The molecule has 0 aliphatic heterocycles. The summed E-state index contributed by atoms with van der Waals surface area (Å²) < 4.78 is 0. The van der Waals surface area contributed by atoms with Gasteiger partial charge >= 0.3 is 0 Å². The number of rotatable bonds is 16. The zero-order valence-corrected chi connectivity index (χ0v) is 23.6. The van der Waals surface area contributed by atoms with E-state index in [0.29, 0.717) is 5.69 Å². The van der Waals surface area contributed by atoms with Crippen LogP contribution in [0.15, 0.2) is 42.5 Å². The van der Waals surface area contributed by atoms with Crippen molar-refractivity contribution in [2.75, 3.05) is 5.32 Å². The number of nitrogens with one attached hydrogen (secondary N) is 1. The van der Waals surface area contributed by atoms with Crippen LogP contribution in [0, 0.1) is 11.8 Å². The number of aromatic hydroxyl groups is 1. The lowest BCUT2D eigenvalue weighted by atomic mass is 9.79.